The fraction of sp³-hybridized carbons (Fsp3) is 0.500. The first-order chi connectivity index (χ1) is 14.1. The van der Waals surface area contributed by atoms with E-state index in [4.69, 9.17) is 4.74 Å². The first kappa shape index (κ1) is 19.5. The van der Waals surface area contributed by atoms with Gasteiger partial charge in [-0.15, -0.1) is 0 Å². The molecule has 3 aromatic rings. The quantitative estimate of drug-likeness (QED) is 0.654. The number of piperidine rings is 1. The lowest BCUT2D eigenvalue weighted by Crippen LogP contribution is -2.37. The number of hydrogen-bond acceptors (Lipinski definition) is 8. The summed E-state index contributed by atoms with van der Waals surface area (Å²) in [6.45, 7) is 5.70. The van der Waals surface area contributed by atoms with E-state index in [0.717, 1.165) is 42.8 Å². The number of ether oxygens (including phenoxy) is 1. The molecule has 1 aliphatic heterocycles. The van der Waals surface area contributed by atoms with Crippen molar-refractivity contribution in [1.82, 2.24) is 24.5 Å². The van der Waals surface area contributed by atoms with Crippen LogP contribution in [-0.2, 0) is 4.74 Å². The van der Waals surface area contributed by atoms with Crippen molar-refractivity contribution in [3.8, 4) is 0 Å². The highest BCUT2D eigenvalue weighted by atomic mass is 16.5. The minimum atomic E-state index is -0.0593. The number of nitrogens with one attached hydrogen (secondary N) is 1. The van der Waals surface area contributed by atoms with Crippen LogP contribution in [-0.4, -0.2) is 62.5 Å². The number of aromatic nitrogens is 5. The van der Waals surface area contributed by atoms with Crippen molar-refractivity contribution < 1.29 is 9.84 Å². The van der Waals surface area contributed by atoms with E-state index in [9.17, 15) is 5.11 Å². The van der Waals surface area contributed by atoms with Crippen LogP contribution in [0.5, 0.6) is 0 Å². The van der Waals surface area contributed by atoms with Crippen LogP contribution >= 0.6 is 0 Å². The Kier molecular flexibility index (Phi) is 5.59. The van der Waals surface area contributed by atoms with E-state index >= 15 is 0 Å². The van der Waals surface area contributed by atoms with Gasteiger partial charge in [-0.2, -0.15) is 4.98 Å². The van der Waals surface area contributed by atoms with Gasteiger partial charge in [0.1, 0.15) is 23.0 Å². The topological polar surface area (TPSA) is 101 Å². The first-order valence-electron chi connectivity index (χ1n) is 9.92. The Bertz CT molecular complexity index is 982. The molecule has 0 saturated carbocycles. The Labute approximate surface area is 169 Å². The zero-order chi connectivity index (χ0) is 20.4. The molecular formula is C20H27N7O2. The summed E-state index contributed by atoms with van der Waals surface area (Å²) in [6, 6.07) is 3.71. The number of pyridine rings is 1. The lowest BCUT2D eigenvalue weighted by molar-refractivity contribution is 0.0816. The summed E-state index contributed by atoms with van der Waals surface area (Å²) in [5.41, 5.74) is 1.73. The van der Waals surface area contributed by atoms with Crippen LogP contribution in [0.3, 0.4) is 0 Å². The van der Waals surface area contributed by atoms with E-state index in [1.165, 1.54) is 0 Å². The summed E-state index contributed by atoms with van der Waals surface area (Å²) in [5.74, 6) is 2.92. The van der Waals surface area contributed by atoms with Gasteiger partial charge in [-0.3, -0.25) is 0 Å². The van der Waals surface area contributed by atoms with Crippen molar-refractivity contribution in [1.29, 1.82) is 0 Å². The van der Waals surface area contributed by atoms with Gasteiger partial charge in [0.05, 0.1) is 30.5 Å². The van der Waals surface area contributed by atoms with Crippen molar-refractivity contribution in [2.45, 2.75) is 38.8 Å². The van der Waals surface area contributed by atoms with Crippen LogP contribution in [0.1, 0.15) is 31.6 Å². The number of imidazole rings is 1. The Morgan fingerprint density at radius 3 is 2.76 bits per heavy atom. The lowest BCUT2D eigenvalue weighted by atomic mass is 10.1. The predicted octanol–water partition coefficient (Wildman–Crippen LogP) is 2.44. The van der Waals surface area contributed by atoms with Crippen LogP contribution in [0.15, 0.2) is 24.5 Å². The first-order valence-corrected chi connectivity index (χ1v) is 9.92. The molecule has 1 fully saturated rings. The van der Waals surface area contributed by atoms with E-state index in [1.54, 1.807) is 19.5 Å². The maximum Gasteiger partial charge on any atom is 0.227 e. The molecule has 0 radical (unpaired) electrons. The summed E-state index contributed by atoms with van der Waals surface area (Å²) in [6.07, 6.45) is 5.76. The molecule has 1 unspecified atom stereocenters. The van der Waals surface area contributed by atoms with Gasteiger partial charge >= 0.3 is 0 Å². The van der Waals surface area contributed by atoms with E-state index in [2.05, 4.69) is 30.2 Å². The monoisotopic (exact) mass is 397 g/mol. The third-order valence-corrected chi connectivity index (χ3v) is 5.41. The molecule has 9 heteroatoms. The fourth-order valence-electron chi connectivity index (χ4n) is 3.82. The second-order valence-corrected chi connectivity index (χ2v) is 7.41. The smallest absolute Gasteiger partial charge is 0.227 e. The molecule has 0 amide bonds. The van der Waals surface area contributed by atoms with E-state index in [1.807, 2.05) is 30.5 Å². The van der Waals surface area contributed by atoms with E-state index in [-0.39, 0.29) is 12.6 Å². The molecule has 29 heavy (non-hydrogen) atoms. The molecule has 4 heterocycles. The molecule has 0 aromatic carbocycles. The Balaban J connectivity index is 1.56. The fourth-order valence-corrected chi connectivity index (χ4v) is 3.82. The van der Waals surface area contributed by atoms with Gasteiger partial charge < -0.3 is 24.6 Å². The standard InChI is InChI=1S/C20H27N7O2/c1-13(12-28)27-14(2)23-16-11-22-19(10-17(16)27)24-18-4-7-21-20(25-18)26-8-5-15(29-3)6-9-26/h4,7,10-11,13,15,28H,5-6,8-9,12H2,1-3H3,(H,21,22,24,25). The minimum absolute atomic E-state index is 0.0480. The number of anilines is 3. The highest BCUT2D eigenvalue weighted by Crippen LogP contribution is 2.24. The van der Waals surface area contributed by atoms with Gasteiger partial charge in [-0.1, -0.05) is 0 Å². The molecule has 0 aliphatic carbocycles. The number of nitrogens with zero attached hydrogens (tertiary/aromatic N) is 6. The Hall–Kier alpha value is -2.78. The van der Waals surface area contributed by atoms with Crippen molar-refractivity contribution in [2.24, 2.45) is 0 Å². The summed E-state index contributed by atoms with van der Waals surface area (Å²) < 4.78 is 7.46. The van der Waals surface area contributed by atoms with Crippen LogP contribution < -0.4 is 10.2 Å². The maximum absolute atomic E-state index is 9.57. The number of methoxy groups -OCH3 is 1. The summed E-state index contributed by atoms with van der Waals surface area (Å²) in [5, 5.41) is 12.8. The number of aryl methyl sites for hydroxylation is 1. The van der Waals surface area contributed by atoms with Gasteiger partial charge in [-0.05, 0) is 32.8 Å². The third-order valence-electron chi connectivity index (χ3n) is 5.41. The van der Waals surface area contributed by atoms with Crippen LogP contribution in [0.4, 0.5) is 17.6 Å². The van der Waals surface area contributed by atoms with Crippen molar-refractivity contribution in [3.63, 3.8) is 0 Å². The Morgan fingerprint density at radius 1 is 1.24 bits per heavy atom. The molecule has 0 bridgehead atoms. The second kappa shape index (κ2) is 8.30. The maximum atomic E-state index is 9.57. The largest absolute Gasteiger partial charge is 0.394 e. The number of aliphatic hydroxyl groups excluding tert-OH is 1. The van der Waals surface area contributed by atoms with Gasteiger partial charge in [0.15, 0.2) is 0 Å². The van der Waals surface area contributed by atoms with Crippen LogP contribution in [0.2, 0.25) is 0 Å². The minimum Gasteiger partial charge on any atom is -0.394 e. The number of rotatable bonds is 6. The van der Waals surface area contributed by atoms with Crippen molar-refractivity contribution in [2.75, 3.05) is 37.0 Å². The van der Waals surface area contributed by atoms with E-state index < -0.39 is 0 Å². The van der Waals surface area contributed by atoms with Gasteiger partial charge in [0.2, 0.25) is 5.95 Å². The van der Waals surface area contributed by atoms with Gasteiger partial charge in [0, 0.05) is 32.5 Å². The molecule has 3 aromatic heterocycles. The highest BCUT2D eigenvalue weighted by molar-refractivity contribution is 5.79. The molecule has 1 aliphatic rings. The van der Waals surface area contributed by atoms with Crippen LogP contribution in [0.25, 0.3) is 11.0 Å². The Morgan fingerprint density at radius 2 is 2.03 bits per heavy atom. The van der Waals surface area contributed by atoms with Gasteiger partial charge in [-0.25, -0.2) is 15.0 Å². The zero-order valence-electron chi connectivity index (χ0n) is 17.0. The lowest BCUT2D eigenvalue weighted by Gasteiger charge is -2.31. The normalized spacial score (nSPS) is 16.3. The second-order valence-electron chi connectivity index (χ2n) is 7.41. The molecular weight excluding hydrogens is 370 g/mol. The zero-order valence-corrected chi connectivity index (χ0v) is 17.0. The molecule has 1 atom stereocenters. The molecule has 9 nitrogen and oxygen atoms in total. The van der Waals surface area contributed by atoms with E-state index in [0.29, 0.717) is 23.7 Å². The SMILES string of the molecule is COC1CCN(c2nccc(Nc3cc4c(cn3)nc(C)n4C(C)CO)n2)CC1. The molecule has 0 spiro atoms. The molecule has 1 saturated heterocycles. The van der Waals surface area contributed by atoms with Crippen molar-refractivity contribution in [3.05, 3.63) is 30.4 Å². The predicted molar refractivity (Wildman–Crippen MR) is 112 cm³/mol. The third kappa shape index (κ3) is 4.01. The average Bonchev–Trinajstić information content (AvgIpc) is 3.08. The highest BCUT2D eigenvalue weighted by Gasteiger charge is 2.21. The average molecular weight is 397 g/mol. The summed E-state index contributed by atoms with van der Waals surface area (Å²) >= 11 is 0. The number of hydrogen-bond donors (Lipinski definition) is 2. The van der Waals surface area contributed by atoms with Crippen molar-refractivity contribution >= 4 is 28.6 Å². The molecule has 4 rings (SSSR count). The molecule has 2 N–H and O–H groups in total. The molecule has 154 valence electrons. The number of aliphatic hydroxyl groups is 1. The summed E-state index contributed by atoms with van der Waals surface area (Å²) in [7, 11) is 1.76. The van der Waals surface area contributed by atoms with Crippen LogP contribution in [0, 0.1) is 6.92 Å². The van der Waals surface area contributed by atoms with Gasteiger partial charge in [0.25, 0.3) is 0 Å². The summed E-state index contributed by atoms with van der Waals surface area (Å²) in [4.78, 5) is 20.3. The number of fused-ring (bicyclic) bond motifs is 1.